The minimum atomic E-state index is -0.541. The maximum Gasteiger partial charge on any atom is 0.213 e. The molecule has 86 valence electrons. The highest BCUT2D eigenvalue weighted by Gasteiger charge is 2.08. The molecule has 1 N–H and O–H groups in total. The Hall–Kier alpha value is -2.35. The number of anilines is 1. The molecule has 1 heterocycles. The Morgan fingerprint density at radius 2 is 2.35 bits per heavy atom. The normalized spacial score (nSPS) is 9.94. The summed E-state index contributed by atoms with van der Waals surface area (Å²) >= 11 is 0. The number of nitriles is 1. The van der Waals surface area contributed by atoms with Gasteiger partial charge in [-0.25, -0.2) is 9.37 Å². The summed E-state index contributed by atoms with van der Waals surface area (Å²) in [5, 5.41) is 11.7. The summed E-state index contributed by atoms with van der Waals surface area (Å²) < 4.78 is 18.5. The summed E-state index contributed by atoms with van der Waals surface area (Å²) in [5.74, 6) is 0.665. The highest BCUT2D eigenvalue weighted by molar-refractivity contribution is 5.57. The van der Waals surface area contributed by atoms with E-state index in [2.05, 4.69) is 10.3 Å². The van der Waals surface area contributed by atoms with E-state index in [1.807, 2.05) is 6.07 Å². The maximum atomic E-state index is 13.3. The zero-order chi connectivity index (χ0) is 12.3. The molecule has 0 aliphatic carbocycles. The van der Waals surface area contributed by atoms with Gasteiger partial charge in [0.1, 0.15) is 23.2 Å². The fourth-order valence-electron chi connectivity index (χ4n) is 1.44. The standard InChI is InChI=1S/C12H10FN3O/c1-8-6-16-12(17-8)7-15-11-4-2-3-10(13)9(11)5-14/h2-4,6,15H,7H2,1H3. The number of rotatable bonds is 3. The number of nitrogens with zero attached hydrogens (tertiary/aromatic N) is 2. The predicted molar refractivity (Wildman–Crippen MR) is 59.7 cm³/mol. The van der Waals surface area contributed by atoms with Gasteiger partial charge < -0.3 is 9.73 Å². The second-order valence-electron chi connectivity index (χ2n) is 3.49. The predicted octanol–water partition coefficient (Wildman–Crippen LogP) is 2.61. The minimum absolute atomic E-state index is 0.00391. The first-order chi connectivity index (χ1) is 8.20. The molecule has 2 aromatic rings. The fourth-order valence-corrected chi connectivity index (χ4v) is 1.44. The molecular weight excluding hydrogens is 221 g/mol. The van der Waals surface area contributed by atoms with Gasteiger partial charge in [-0.05, 0) is 19.1 Å². The van der Waals surface area contributed by atoms with Crippen molar-refractivity contribution in [3.63, 3.8) is 0 Å². The van der Waals surface area contributed by atoms with Crippen molar-refractivity contribution in [2.75, 3.05) is 5.32 Å². The van der Waals surface area contributed by atoms with Gasteiger partial charge in [-0.1, -0.05) is 6.07 Å². The van der Waals surface area contributed by atoms with Crippen molar-refractivity contribution in [2.45, 2.75) is 13.5 Å². The Morgan fingerprint density at radius 3 is 3.00 bits per heavy atom. The highest BCUT2D eigenvalue weighted by atomic mass is 19.1. The van der Waals surface area contributed by atoms with Crippen molar-refractivity contribution in [3.05, 3.63) is 47.4 Å². The Bertz CT molecular complexity index is 571. The molecule has 0 spiro atoms. The quantitative estimate of drug-likeness (QED) is 0.881. The van der Waals surface area contributed by atoms with Crippen LogP contribution in [0.25, 0.3) is 0 Å². The summed E-state index contributed by atoms with van der Waals surface area (Å²) in [4.78, 5) is 4.00. The summed E-state index contributed by atoms with van der Waals surface area (Å²) in [6.45, 7) is 2.10. The van der Waals surface area contributed by atoms with Crippen LogP contribution in [0.2, 0.25) is 0 Å². The lowest BCUT2D eigenvalue weighted by atomic mass is 10.2. The van der Waals surface area contributed by atoms with Crippen LogP contribution in [-0.2, 0) is 6.54 Å². The minimum Gasteiger partial charge on any atom is -0.444 e. The highest BCUT2D eigenvalue weighted by Crippen LogP contribution is 2.18. The van der Waals surface area contributed by atoms with Crippen LogP contribution in [0.4, 0.5) is 10.1 Å². The number of aryl methyl sites for hydroxylation is 1. The van der Waals surface area contributed by atoms with E-state index in [4.69, 9.17) is 9.68 Å². The number of oxazole rings is 1. The first-order valence-electron chi connectivity index (χ1n) is 5.04. The number of nitrogens with one attached hydrogen (secondary N) is 1. The third-order valence-corrected chi connectivity index (χ3v) is 2.22. The summed E-state index contributed by atoms with van der Waals surface area (Å²) in [5.41, 5.74) is 0.430. The van der Waals surface area contributed by atoms with Gasteiger partial charge in [0.05, 0.1) is 18.4 Å². The molecule has 1 aromatic carbocycles. The second kappa shape index (κ2) is 4.66. The van der Waals surface area contributed by atoms with Crippen LogP contribution in [0.3, 0.4) is 0 Å². The summed E-state index contributed by atoms with van der Waals surface area (Å²) in [6.07, 6.45) is 1.60. The molecule has 0 amide bonds. The maximum absolute atomic E-state index is 13.3. The Morgan fingerprint density at radius 1 is 1.53 bits per heavy atom. The van der Waals surface area contributed by atoms with Crippen LogP contribution < -0.4 is 5.32 Å². The molecule has 1 aromatic heterocycles. The molecule has 0 fully saturated rings. The topological polar surface area (TPSA) is 61.9 Å². The van der Waals surface area contributed by atoms with Crippen LogP contribution in [0, 0.1) is 24.1 Å². The molecule has 5 heteroatoms. The molecule has 4 nitrogen and oxygen atoms in total. The van der Waals surface area contributed by atoms with Crippen LogP contribution in [0.5, 0.6) is 0 Å². The number of benzene rings is 1. The van der Waals surface area contributed by atoms with Crippen molar-refractivity contribution in [1.82, 2.24) is 4.98 Å². The first kappa shape index (κ1) is 11.1. The van der Waals surface area contributed by atoms with E-state index in [0.29, 0.717) is 23.9 Å². The molecule has 0 unspecified atom stereocenters. The van der Waals surface area contributed by atoms with Crippen LogP contribution in [0.15, 0.2) is 28.8 Å². The Balaban J connectivity index is 2.14. The van der Waals surface area contributed by atoms with E-state index < -0.39 is 5.82 Å². The van der Waals surface area contributed by atoms with E-state index in [1.165, 1.54) is 6.07 Å². The van der Waals surface area contributed by atoms with Gasteiger partial charge in [0.2, 0.25) is 5.89 Å². The van der Waals surface area contributed by atoms with Crippen molar-refractivity contribution >= 4 is 5.69 Å². The first-order valence-corrected chi connectivity index (χ1v) is 5.04. The smallest absolute Gasteiger partial charge is 0.213 e. The van der Waals surface area contributed by atoms with Crippen molar-refractivity contribution in [1.29, 1.82) is 5.26 Å². The van der Waals surface area contributed by atoms with Crippen molar-refractivity contribution < 1.29 is 8.81 Å². The molecule has 2 rings (SSSR count). The molecular formula is C12H10FN3O. The van der Waals surface area contributed by atoms with E-state index in [0.717, 1.165) is 0 Å². The van der Waals surface area contributed by atoms with Gasteiger partial charge in [0, 0.05) is 0 Å². The molecule has 0 aliphatic rings. The molecule has 0 radical (unpaired) electrons. The van der Waals surface area contributed by atoms with Crippen molar-refractivity contribution in [2.24, 2.45) is 0 Å². The van der Waals surface area contributed by atoms with Crippen molar-refractivity contribution in [3.8, 4) is 6.07 Å². The van der Waals surface area contributed by atoms with Crippen LogP contribution in [-0.4, -0.2) is 4.98 Å². The third-order valence-electron chi connectivity index (χ3n) is 2.22. The molecule has 0 atom stereocenters. The molecule has 0 aliphatic heterocycles. The number of halogens is 1. The number of aromatic nitrogens is 1. The van der Waals surface area contributed by atoms with Gasteiger partial charge in [-0.3, -0.25) is 0 Å². The SMILES string of the molecule is Cc1cnc(CNc2cccc(F)c2C#N)o1. The fraction of sp³-hybridized carbons (Fsp3) is 0.167. The van der Waals surface area contributed by atoms with Gasteiger partial charge in [-0.2, -0.15) is 5.26 Å². The average molecular weight is 231 g/mol. The lowest BCUT2D eigenvalue weighted by Gasteiger charge is -2.06. The second-order valence-corrected chi connectivity index (χ2v) is 3.49. The van der Waals surface area contributed by atoms with Gasteiger partial charge >= 0.3 is 0 Å². The van der Waals surface area contributed by atoms with Gasteiger partial charge in [0.15, 0.2) is 0 Å². The van der Waals surface area contributed by atoms with Gasteiger partial charge in [-0.15, -0.1) is 0 Å². The third kappa shape index (κ3) is 2.42. The lowest BCUT2D eigenvalue weighted by Crippen LogP contribution is -2.02. The Labute approximate surface area is 97.7 Å². The Kier molecular flexibility index (Phi) is 3.06. The van der Waals surface area contributed by atoms with Crippen LogP contribution >= 0.6 is 0 Å². The number of hydrogen-bond acceptors (Lipinski definition) is 4. The summed E-state index contributed by atoms with van der Waals surface area (Å²) in [6, 6.07) is 6.24. The van der Waals surface area contributed by atoms with Crippen LogP contribution in [0.1, 0.15) is 17.2 Å². The average Bonchev–Trinajstić information content (AvgIpc) is 2.72. The van der Waals surface area contributed by atoms with E-state index in [1.54, 1.807) is 25.3 Å². The molecule has 0 saturated heterocycles. The van der Waals surface area contributed by atoms with E-state index >= 15 is 0 Å². The molecule has 0 saturated carbocycles. The van der Waals surface area contributed by atoms with E-state index in [-0.39, 0.29) is 5.56 Å². The largest absolute Gasteiger partial charge is 0.444 e. The molecule has 0 bridgehead atoms. The zero-order valence-corrected chi connectivity index (χ0v) is 9.20. The van der Waals surface area contributed by atoms with Gasteiger partial charge in [0.25, 0.3) is 0 Å². The monoisotopic (exact) mass is 231 g/mol. The van der Waals surface area contributed by atoms with E-state index in [9.17, 15) is 4.39 Å². The summed E-state index contributed by atoms with van der Waals surface area (Å²) in [7, 11) is 0. The number of hydrogen-bond donors (Lipinski definition) is 1. The molecule has 17 heavy (non-hydrogen) atoms. The zero-order valence-electron chi connectivity index (χ0n) is 9.20. The lowest BCUT2D eigenvalue weighted by molar-refractivity contribution is 0.479.